The molecule has 1 amide bonds. The Morgan fingerprint density at radius 2 is 2.09 bits per heavy atom. The molecule has 0 saturated carbocycles. The fourth-order valence-corrected chi connectivity index (χ4v) is 4.37. The topological polar surface area (TPSA) is 128 Å². The zero-order valence-electron chi connectivity index (χ0n) is 19.2. The normalized spacial score (nSPS) is 13.9. The lowest BCUT2D eigenvalue weighted by Crippen LogP contribution is -2.37. The molecular formula is C22H27N7O4S. The van der Waals surface area contributed by atoms with Gasteiger partial charge >= 0.3 is 0 Å². The number of ether oxygens (including phenoxy) is 1. The molecule has 0 bridgehead atoms. The van der Waals surface area contributed by atoms with Crippen LogP contribution in [0.2, 0.25) is 0 Å². The van der Waals surface area contributed by atoms with Crippen molar-refractivity contribution in [3.8, 4) is 0 Å². The van der Waals surface area contributed by atoms with Gasteiger partial charge in [0, 0.05) is 42.6 Å². The predicted octanol–water partition coefficient (Wildman–Crippen LogP) is 2.81. The van der Waals surface area contributed by atoms with Gasteiger partial charge in [-0.05, 0) is 19.4 Å². The van der Waals surface area contributed by atoms with Crippen molar-refractivity contribution in [2.24, 2.45) is 0 Å². The lowest BCUT2D eigenvalue weighted by Gasteiger charge is -2.28. The number of anilines is 1. The molecule has 0 atom stereocenters. The van der Waals surface area contributed by atoms with Gasteiger partial charge in [0.15, 0.2) is 10.8 Å². The van der Waals surface area contributed by atoms with Gasteiger partial charge in [-0.15, -0.1) is 0 Å². The van der Waals surface area contributed by atoms with Crippen molar-refractivity contribution in [2.45, 2.75) is 32.0 Å². The van der Waals surface area contributed by atoms with E-state index in [1.807, 2.05) is 0 Å². The summed E-state index contributed by atoms with van der Waals surface area (Å²) in [7, 11) is 0. The lowest BCUT2D eigenvalue weighted by molar-refractivity contribution is -0.385. The second-order valence-corrected chi connectivity index (χ2v) is 8.96. The minimum absolute atomic E-state index is 0.0739. The zero-order valence-corrected chi connectivity index (χ0v) is 20.0. The van der Waals surface area contributed by atoms with Gasteiger partial charge in [0.25, 0.3) is 11.6 Å². The molecule has 1 aliphatic rings. The Kier molecular flexibility index (Phi) is 7.58. The third-order valence-electron chi connectivity index (χ3n) is 5.48. The molecule has 4 rings (SSSR count). The summed E-state index contributed by atoms with van der Waals surface area (Å²) in [5.74, 6) is 1.40. The number of carbonyl (C=O) groups excluding carboxylic acids is 1. The van der Waals surface area contributed by atoms with E-state index in [1.54, 1.807) is 41.7 Å². The highest BCUT2D eigenvalue weighted by atomic mass is 32.2. The number of nitro groups is 1. The number of aromatic nitrogens is 4. The van der Waals surface area contributed by atoms with Crippen LogP contribution in [0.3, 0.4) is 0 Å². The molecule has 34 heavy (non-hydrogen) atoms. The van der Waals surface area contributed by atoms with E-state index in [4.69, 9.17) is 14.7 Å². The molecule has 2 aromatic heterocycles. The molecule has 180 valence electrons. The summed E-state index contributed by atoms with van der Waals surface area (Å²) < 4.78 is 7.24. The van der Waals surface area contributed by atoms with Crippen LogP contribution in [0.1, 0.15) is 29.3 Å². The average Bonchev–Trinajstić information content (AvgIpc) is 3.25. The van der Waals surface area contributed by atoms with Crippen LogP contribution in [0, 0.1) is 17.0 Å². The first-order chi connectivity index (χ1) is 16.5. The molecule has 1 N–H and O–H groups in total. The maximum absolute atomic E-state index is 12.5. The molecular weight excluding hydrogens is 458 g/mol. The quantitative estimate of drug-likeness (QED) is 0.210. The molecule has 0 aliphatic carbocycles. The van der Waals surface area contributed by atoms with Gasteiger partial charge in [0.05, 0.1) is 36.3 Å². The number of hydrogen-bond acceptors (Lipinski definition) is 9. The SMILES string of the molecule is CCCSc1nc(N2CCOCC2)c2cnn(CCNC(=O)c3ccc(C)c([N+](=O)[O-])c3)c2n1. The minimum Gasteiger partial charge on any atom is -0.378 e. The molecule has 12 heteroatoms. The minimum atomic E-state index is -0.484. The van der Waals surface area contributed by atoms with E-state index in [1.165, 1.54) is 6.07 Å². The molecule has 1 aliphatic heterocycles. The molecule has 0 spiro atoms. The molecule has 3 aromatic rings. The number of fused-ring (bicyclic) bond motifs is 1. The van der Waals surface area contributed by atoms with Crippen LogP contribution < -0.4 is 10.2 Å². The first kappa shape index (κ1) is 23.9. The number of nitro benzene ring substituents is 1. The van der Waals surface area contributed by atoms with Gasteiger partial charge in [-0.3, -0.25) is 14.9 Å². The number of nitrogens with zero attached hydrogens (tertiary/aromatic N) is 6. The number of amides is 1. The highest BCUT2D eigenvalue weighted by Gasteiger charge is 2.20. The van der Waals surface area contributed by atoms with E-state index in [-0.39, 0.29) is 17.2 Å². The van der Waals surface area contributed by atoms with E-state index in [0.717, 1.165) is 42.1 Å². The Hall–Kier alpha value is -3.25. The largest absolute Gasteiger partial charge is 0.378 e. The maximum atomic E-state index is 12.5. The van der Waals surface area contributed by atoms with Gasteiger partial charge in [-0.2, -0.15) is 5.10 Å². The molecule has 1 saturated heterocycles. The summed E-state index contributed by atoms with van der Waals surface area (Å²) in [4.78, 5) is 34.9. The Morgan fingerprint density at radius 3 is 2.82 bits per heavy atom. The van der Waals surface area contributed by atoms with Crippen molar-refractivity contribution in [1.82, 2.24) is 25.1 Å². The number of nitrogens with one attached hydrogen (secondary N) is 1. The highest BCUT2D eigenvalue weighted by molar-refractivity contribution is 7.99. The summed E-state index contributed by atoms with van der Waals surface area (Å²) >= 11 is 1.61. The van der Waals surface area contributed by atoms with Crippen molar-refractivity contribution in [3.05, 3.63) is 45.6 Å². The standard InChI is InChI=1S/C22H27N7O4S/c1-3-12-34-22-25-19(27-8-10-33-11-9-27)17-14-24-28(20(17)26-22)7-6-23-21(30)16-5-4-15(2)18(13-16)29(31)32/h4-5,13-14H,3,6-12H2,1-2H3,(H,23,30). The van der Waals surface area contributed by atoms with Crippen LogP contribution in [0.4, 0.5) is 11.5 Å². The van der Waals surface area contributed by atoms with Crippen LogP contribution in [0.5, 0.6) is 0 Å². The summed E-state index contributed by atoms with van der Waals surface area (Å²) in [6.07, 6.45) is 2.78. The van der Waals surface area contributed by atoms with Gasteiger partial charge < -0.3 is 15.0 Å². The smallest absolute Gasteiger partial charge is 0.273 e. The summed E-state index contributed by atoms with van der Waals surface area (Å²) in [5, 5.41) is 20.0. The zero-order chi connectivity index (χ0) is 24.1. The van der Waals surface area contributed by atoms with Crippen molar-refractivity contribution in [3.63, 3.8) is 0 Å². The average molecular weight is 486 g/mol. The van der Waals surface area contributed by atoms with Gasteiger partial charge in [-0.1, -0.05) is 24.8 Å². The molecule has 1 fully saturated rings. The van der Waals surface area contributed by atoms with Gasteiger partial charge in [-0.25, -0.2) is 14.6 Å². The molecule has 11 nitrogen and oxygen atoms in total. The van der Waals surface area contributed by atoms with Crippen LogP contribution in [0.25, 0.3) is 11.0 Å². The van der Waals surface area contributed by atoms with Gasteiger partial charge in [0.2, 0.25) is 0 Å². The second kappa shape index (κ2) is 10.8. The van der Waals surface area contributed by atoms with Crippen molar-refractivity contribution in [1.29, 1.82) is 0 Å². The van der Waals surface area contributed by atoms with Gasteiger partial charge in [0.1, 0.15) is 5.82 Å². The van der Waals surface area contributed by atoms with Crippen molar-refractivity contribution < 1.29 is 14.5 Å². The molecule has 0 radical (unpaired) electrons. The first-order valence-corrected chi connectivity index (χ1v) is 12.2. The third kappa shape index (κ3) is 5.28. The Morgan fingerprint density at radius 1 is 1.29 bits per heavy atom. The fourth-order valence-electron chi connectivity index (χ4n) is 3.68. The highest BCUT2D eigenvalue weighted by Crippen LogP contribution is 2.28. The monoisotopic (exact) mass is 485 g/mol. The Labute approximate surface area is 201 Å². The maximum Gasteiger partial charge on any atom is 0.273 e. The van der Waals surface area contributed by atoms with Crippen molar-refractivity contribution in [2.75, 3.05) is 43.5 Å². The molecule has 3 heterocycles. The predicted molar refractivity (Wildman–Crippen MR) is 130 cm³/mol. The van der Waals surface area contributed by atoms with Crippen LogP contribution in [0.15, 0.2) is 29.6 Å². The van der Waals surface area contributed by atoms with E-state index < -0.39 is 4.92 Å². The van der Waals surface area contributed by atoms with Crippen LogP contribution in [-0.2, 0) is 11.3 Å². The number of thioether (sulfide) groups is 1. The number of rotatable bonds is 9. The first-order valence-electron chi connectivity index (χ1n) is 11.2. The number of benzene rings is 1. The number of morpholine rings is 1. The van der Waals surface area contributed by atoms with Crippen molar-refractivity contribution >= 4 is 40.2 Å². The van der Waals surface area contributed by atoms with Crippen LogP contribution >= 0.6 is 11.8 Å². The number of carbonyl (C=O) groups is 1. The summed E-state index contributed by atoms with van der Waals surface area (Å²) in [6.45, 7) is 7.28. The molecule has 1 aromatic carbocycles. The van der Waals surface area contributed by atoms with E-state index >= 15 is 0 Å². The fraction of sp³-hybridized carbons (Fsp3) is 0.455. The Bertz CT molecular complexity index is 1190. The number of aryl methyl sites for hydroxylation is 1. The van der Waals surface area contributed by atoms with E-state index in [0.29, 0.717) is 37.0 Å². The second-order valence-electron chi connectivity index (χ2n) is 7.90. The Balaban J connectivity index is 1.51. The molecule has 0 unspecified atom stereocenters. The summed E-state index contributed by atoms with van der Waals surface area (Å²) in [6, 6.07) is 4.46. The van der Waals surface area contributed by atoms with E-state index in [9.17, 15) is 14.9 Å². The summed E-state index contributed by atoms with van der Waals surface area (Å²) in [5.41, 5.74) is 1.40. The lowest BCUT2D eigenvalue weighted by atomic mass is 10.1. The van der Waals surface area contributed by atoms with E-state index in [2.05, 4.69) is 22.2 Å². The van der Waals surface area contributed by atoms with Crippen LogP contribution in [-0.4, -0.2) is 69.2 Å². The number of hydrogen-bond donors (Lipinski definition) is 1. The third-order valence-corrected chi connectivity index (χ3v) is 6.53.